The van der Waals surface area contributed by atoms with E-state index in [-0.39, 0.29) is 5.56 Å². The van der Waals surface area contributed by atoms with Gasteiger partial charge in [-0.3, -0.25) is 0 Å². The lowest BCUT2D eigenvalue weighted by molar-refractivity contribution is 0.0693. The average molecular weight is 170 g/mol. The Hall–Kier alpha value is -1.36. The van der Waals surface area contributed by atoms with Gasteiger partial charge in [-0.1, -0.05) is 0 Å². The third kappa shape index (κ3) is 2.06. The summed E-state index contributed by atoms with van der Waals surface area (Å²) >= 11 is 0. The molecule has 0 atom stereocenters. The molecule has 1 aromatic heterocycles. The molecule has 1 heterocycles. The summed E-state index contributed by atoms with van der Waals surface area (Å²) in [6.07, 6.45) is 2.72. The molecule has 0 spiro atoms. The number of hydrogen-bond acceptors (Lipinski definition) is 3. The van der Waals surface area contributed by atoms with Crippen molar-refractivity contribution < 1.29 is 14.6 Å². The molecule has 0 aliphatic rings. The minimum atomic E-state index is -0.974. The Balaban J connectivity index is 2.58. The Labute approximate surface area is 69.6 Å². The second-order valence-corrected chi connectivity index (χ2v) is 2.20. The first-order valence-electron chi connectivity index (χ1n) is 3.57. The van der Waals surface area contributed by atoms with E-state index in [1.54, 1.807) is 0 Å². The molecule has 0 fully saturated rings. The first-order valence-corrected chi connectivity index (χ1v) is 3.57. The number of aromatic carboxylic acids is 1. The van der Waals surface area contributed by atoms with Crippen molar-refractivity contribution in [3.8, 4) is 0 Å². The zero-order chi connectivity index (χ0) is 8.97. The number of carboxylic acid groups (broad SMARTS) is 1. The lowest BCUT2D eigenvalue weighted by Gasteiger charge is -1.98. The van der Waals surface area contributed by atoms with Crippen molar-refractivity contribution in [3.63, 3.8) is 0 Å². The first-order chi connectivity index (χ1) is 5.74. The fourth-order valence-electron chi connectivity index (χ4n) is 0.729. The lowest BCUT2D eigenvalue weighted by Crippen LogP contribution is -2.02. The maximum absolute atomic E-state index is 10.4. The molecule has 1 rings (SSSR count). The minimum Gasteiger partial charge on any atom is -0.478 e. The second kappa shape index (κ2) is 3.87. The van der Waals surface area contributed by atoms with Crippen LogP contribution in [0.1, 0.15) is 17.3 Å². The van der Waals surface area contributed by atoms with Gasteiger partial charge in [-0.15, -0.1) is 0 Å². The van der Waals surface area contributed by atoms with Gasteiger partial charge in [-0.05, 0) is 6.92 Å². The molecule has 12 heavy (non-hydrogen) atoms. The van der Waals surface area contributed by atoms with Crippen LogP contribution in [0.25, 0.3) is 0 Å². The quantitative estimate of drug-likeness (QED) is 0.717. The van der Waals surface area contributed by atoms with E-state index in [0.717, 1.165) is 0 Å². The van der Waals surface area contributed by atoms with Crippen molar-refractivity contribution in [1.29, 1.82) is 0 Å². The van der Waals surface area contributed by atoms with Crippen LogP contribution in [-0.4, -0.2) is 27.5 Å². The van der Waals surface area contributed by atoms with E-state index in [4.69, 9.17) is 9.84 Å². The van der Waals surface area contributed by atoms with Gasteiger partial charge >= 0.3 is 5.97 Å². The summed E-state index contributed by atoms with van der Waals surface area (Å²) in [6, 6.07) is 0. The van der Waals surface area contributed by atoms with Crippen molar-refractivity contribution >= 4 is 5.97 Å². The van der Waals surface area contributed by atoms with Crippen molar-refractivity contribution in [2.75, 3.05) is 6.61 Å². The molecule has 0 unspecified atom stereocenters. The fourth-order valence-corrected chi connectivity index (χ4v) is 0.729. The van der Waals surface area contributed by atoms with Crippen LogP contribution in [0.2, 0.25) is 0 Å². The number of rotatable bonds is 4. The van der Waals surface area contributed by atoms with Crippen LogP contribution in [0.5, 0.6) is 0 Å². The molecule has 0 aromatic carbocycles. The Morgan fingerprint density at radius 2 is 2.58 bits per heavy atom. The molecule has 0 amide bonds. The maximum atomic E-state index is 10.4. The maximum Gasteiger partial charge on any atom is 0.338 e. The largest absolute Gasteiger partial charge is 0.478 e. The van der Waals surface area contributed by atoms with E-state index in [1.165, 1.54) is 17.1 Å². The third-order valence-corrected chi connectivity index (χ3v) is 1.31. The smallest absolute Gasteiger partial charge is 0.338 e. The lowest BCUT2D eigenvalue weighted by atomic mass is 10.4. The van der Waals surface area contributed by atoms with Crippen LogP contribution in [0, 0.1) is 0 Å². The topological polar surface area (TPSA) is 64.3 Å². The summed E-state index contributed by atoms with van der Waals surface area (Å²) in [5, 5.41) is 12.3. The standard InChI is InChI=1S/C7H10N2O3/c1-2-12-5-9-4-6(3-8-9)7(10)11/h3-4H,2,5H2,1H3,(H,10,11). The highest BCUT2D eigenvalue weighted by atomic mass is 16.5. The van der Waals surface area contributed by atoms with Crippen LogP contribution in [0.4, 0.5) is 0 Å². The molecule has 0 radical (unpaired) electrons. The molecule has 66 valence electrons. The highest BCUT2D eigenvalue weighted by Gasteiger charge is 2.04. The molecule has 0 aliphatic carbocycles. The summed E-state index contributed by atoms with van der Waals surface area (Å²) < 4.78 is 6.46. The Bertz CT molecular complexity index is 269. The van der Waals surface area contributed by atoms with E-state index >= 15 is 0 Å². The van der Waals surface area contributed by atoms with Crippen LogP contribution < -0.4 is 0 Å². The molecule has 0 aliphatic heterocycles. The minimum absolute atomic E-state index is 0.176. The van der Waals surface area contributed by atoms with Crippen molar-refractivity contribution in [3.05, 3.63) is 18.0 Å². The molecular formula is C7H10N2O3. The average Bonchev–Trinajstić information content (AvgIpc) is 2.48. The van der Waals surface area contributed by atoms with Crippen molar-refractivity contribution in [1.82, 2.24) is 9.78 Å². The zero-order valence-corrected chi connectivity index (χ0v) is 6.73. The third-order valence-electron chi connectivity index (χ3n) is 1.31. The van der Waals surface area contributed by atoms with Crippen LogP contribution in [0.15, 0.2) is 12.4 Å². The summed E-state index contributed by atoms with van der Waals surface area (Å²) in [6.45, 7) is 2.74. The summed E-state index contributed by atoms with van der Waals surface area (Å²) in [5.41, 5.74) is 0.176. The molecule has 1 N–H and O–H groups in total. The molecular weight excluding hydrogens is 160 g/mol. The van der Waals surface area contributed by atoms with E-state index in [2.05, 4.69) is 5.10 Å². The number of aromatic nitrogens is 2. The normalized spacial score (nSPS) is 10.1. The number of ether oxygens (including phenoxy) is 1. The van der Waals surface area contributed by atoms with Crippen LogP contribution >= 0.6 is 0 Å². The van der Waals surface area contributed by atoms with Gasteiger partial charge in [0.25, 0.3) is 0 Å². The molecule has 0 saturated carbocycles. The molecule has 0 saturated heterocycles. The highest BCUT2D eigenvalue weighted by molar-refractivity contribution is 5.86. The Morgan fingerprint density at radius 3 is 3.08 bits per heavy atom. The summed E-state index contributed by atoms with van der Waals surface area (Å²) in [7, 11) is 0. The predicted octanol–water partition coefficient (Wildman–Crippen LogP) is 0.575. The van der Waals surface area contributed by atoms with Gasteiger partial charge in [0.1, 0.15) is 6.73 Å². The molecule has 0 bridgehead atoms. The van der Waals surface area contributed by atoms with Gasteiger partial charge in [0, 0.05) is 12.8 Å². The monoisotopic (exact) mass is 170 g/mol. The van der Waals surface area contributed by atoms with Crippen molar-refractivity contribution in [2.45, 2.75) is 13.7 Å². The highest BCUT2D eigenvalue weighted by Crippen LogP contribution is 1.96. The zero-order valence-electron chi connectivity index (χ0n) is 6.73. The second-order valence-electron chi connectivity index (χ2n) is 2.20. The van der Waals surface area contributed by atoms with E-state index < -0.39 is 5.97 Å². The van der Waals surface area contributed by atoms with Gasteiger partial charge in [-0.2, -0.15) is 5.10 Å². The van der Waals surface area contributed by atoms with Gasteiger partial charge < -0.3 is 9.84 Å². The number of hydrogen-bond donors (Lipinski definition) is 1. The number of carbonyl (C=O) groups is 1. The van der Waals surface area contributed by atoms with E-state index in [1.807, 2.05) is 6.92 Å². The van der Waals surface area contributed by atoms with E-state index in [0.29, 0.717) is 13.3 Å². The summed E-state index contributed by atoms with van der Waals surface area (Å²) in [4.78, 5) is 10.4. The Kier molecular flexibility index (Phi) is 2.82. The summed E-state index contributed by atoms with van der Waals surface area (Å²) in [5.74, 6) is -0.974. The first kappa shape index (κ1) is 8.73. The van der Waals surface area contributed by atoms with Crippen molar-refractivity contribution in [2.24, 2.45) is 0 Å². The van der Waals surface area contributed by atoms with Gasteiger partial charge in [0.2, 0.25) is 0 Å². The Morgan fingerprint density at radius 1 is 1.83 bits per heavy atom. The predicted molar refractivity (Wildman–Crippen MR) is 40.8 cm³/mol. The van der Waals surface area contributed by atoms with Gasteiger partial charge in [0.15, 0.2) is 0 Å². The molecule has 1 aromatic rings. The number of nitrogens with zero attached hydrogens (tertiary/aromatic N) is 2. The van der Waals surface area contributed by atoms with Crippen LogP contribution in [-0.2, 0) is 11.5 Å². The molecule has 5 heteroatoms. The SMILES string of the molecule is CCOCn1cc(C(=O)O)cn1. The van der Waals surface area contributed by atoms with E-state index in [9.17, 15) is 4.79 Å². The van der Waals surface area contributed by atoms with Gasteiger partial charge in [-0.25, -0.2) is 9.48 Å². The fraction of sp³-hybridized carbons (Fsp3) is 0.429. The molecule has 5 nitrogen and oxygen atoms in total. The van der Waals surface area contributed by atoms with Gasteiger partial charge in [0.05, 0.1) is 11.8 Å². The van der Waals surface area contributed by atoms with Crippen LogP contribution in [0.3, 0.4) is 0 Å². The number of carboxylic acids is 1.